The number of rotatable bonds is 6. The van der Waals surface area contributed by atoms with Crippen LogP contribution in [0.15, 0.2) is 23.1 Å². The topological polar surface area (TPSA) is 64.6 Å². The summed E-state index contributed by atoms with van der Waals surface area (Å²) < 4.78 is 11.5. The molecule has 1 aliphatic carbocycles. The van der Waals surface area contributed by atoms with Crippen molar-refractivity contribution >= 4 is 40.6 Å². The first kappa shape index (κ1) is 18.3. The van der Waals surface area contributed by atoms with E-state index in [0.29, 0.717) is 35.0 Å². The average Bonchev–Trinajstić information content (AvgIpc) is 2.91. The molecule has 3 rings (SSSR count). The van der Waals surface area contributed by atoms with Crippen LogP contribution in [0.1, 0.15) is 37.7 Å². The van der Waals surface area contributed by atoms with Gasteiger partial charge in [0.15, 0.2) is 0 Å². The Bertz CT molecular complexity index is 686. The molecule has 2 amide bonds. The van der Waals surface area contributed by atoms with Crippen molar-refractivity contribution in [1.82, 2.24) is 5.32 Å². The second-order valence-corrected chi connectivity index (χ2v) is 7.44. The van der Waals surface area contributed by atoms with Crippen LogP contribution in [0.4, 0.5) is 4.79 Å². The Morgan fingerprint density at radius 1 is 1.20 bits per heavy atom. The van der Waals surface area contributed by atoms with Gasteiger partial charge in [-0.2, -0.15) is 0 Å². The maximum absolute atomic E-state index is 11.6. The van der Waals surface area contributed by atoms with Crippen LogP contribution in [0.5, 0.6) is 5.75 Å². The van der Waals surface area contributed by atoms with Crippen molar-refractivity contribution in [1.29, 1.82) is 0 Å². The van der Waals surface area contributed by atoms with Crippen LogP contribution < -0.4 is 10.1 Å². The number of imide groups is 1. The number of thioether (sulfide) groups is 1. The van der Waals surface area contributed by atoms with E-state index in [9.17, 15) is 9.59 Å². The zero-order chi connectivity index (χ0) is 17.6. The highest BCUT2D eigenvalue weighted by Crippen LogP contribution is 2.30. The molecular formula is C18H20ClNO4S. The molecule has 1 aromatic carbocycles. The lowest BCUT2D eigenvalue weighted by Gasteiger charge is -2.22. The number of ether oxygens (including phenoxy) is 2. The Balaban J connectivity index is 1.50. The van der Waals surface area contributed by atoms with Gasteiger partial charge in [0.1, 0.15) is 12.4 Å². The van der Waals surface area contributed by atoms with Crippen LogP contribution >= 0.6 is 23.4 Å². The number of carbonyl (C=O) groups is 2. The quantitative estimate of drug-likeness (QED) is 0.584. The van der Waals surface area contributed by atoms with Gasteiger partial charge in [0, 0.05) is 0 Å². The zero-order valence-corrected chi connectivity index (χ0v) is 15.3. The summed E-state index contributed by atoms with van der Waals surface area (Å²) in [4.78, 5) is 23.1. The molecule has 0 bridgehead atoms. The Hall–Kier alpha value is -1.50. The van der Waals surface area contributed by atoms with E-state index in [1.54, 1.807) is 24.3 Å². The summed E-state index contributed by atoms with van der Waals surface area (Å²) in [6.07, 6.45) is 8.07. The molecule has 1 N–H and O–H groups in total. The molecule has 1 saturated heterocycles. The lowest BCUT2D eigenvalue weighted by atomic mass is 9.98. The summed E-state index contributed by atoms with van der Waals surface area (Å²) >= 11 is 7.12. The second-order valence-electron chi connectivity index (χ2n) is 6.02. The van der Waals surface area contributed by atoms with Crippen molar-refractivity contribution in [3.05, 3.63) is 33.7 Å². The summed E-state index contributed by atoms with van der Waals surface area (Å²) in [6, 6.07) is 5.27. The number of benzene rings is 1. The summed E-state index contributed by atoms with van der Waals surface area (Å²) in [5.41, 5.74) is 0.739. The fourth-order valence-electron chi connectivity index (χ4n) is 2.89. The smallest absolute Gasteiger partial charge is 0.290 e. The van der Waals surface area contributed by atoms with Gasteiger partial charge in [0.2, 0.25) is 0 Å². The molecule has 5 nitrogen and oxygen atoms in total. The van der Waals surface area contributed by atoms with Crippen molar-refractivity contribution in [2.75, 3.05) is 13.2 Å². The van der Waals surface area contributed by atoms with E-state index < -0.39 is 0 Å². The summed E-state index contributed by atoms with van der Waals surface area (Å²) in [6.45, 7) is 0.995. The van der Waals surface area contributed by atoms with E-state index in [1.165, 1.54) is 19.3 Å². The van der Waals surface area contributed by atoms with Crippen molar-refractivity contribution in [3.63, 3.8) is 0 Å². The fourth-order valence-corrected chi connectivity index (χ4v) is 3.82. The minimum atomic E-state index is -0.383. The van der Waals surface area contributed by atoms with E-state index in [0.717, 1.165) is 30.2 Å². The molecule has 134 valence electrons. The molecule has 0 unspecified atom stereocenters. The van der Waals surface area contributed by atoms with Gasteiger partial charge in [-0.3, -0.25) is 14.9 Å². The highest BCUT2D eigenvalue weighted by atomic mass is 35.5. The van der Waals surface area contributed by atoms with Gasteiger partial charge in [-0.05, 0) is 48.4 Å². The molecule has 0 radical (unpaired) electrons. The zero-order valence-electron chi connectivity index (χ0n) is 13.8. The SMILES string of the molecule is O=C1NC(=O)/C(=C/c2ccc(OCCOC3CCCCC3)c(Cl)c2)S1. The van der Waals surface area contributed by atoms with Gasteiger partial charge in [-0.25, -0.2) is 0 Å². The van der Waals surface area contributed by atoms with E-state index in [-0.39, 0.29) is 11.1 Å². The third kappa shape index (κ3) is 5.23. The predicted molar refractivity (Wildman–Crippen MR) is 98.9 cm³/mol. The monoisotopic (exact) mass is 381 g/mol. The van der Waals surface area contributed by atoms with E-state index in [1.807, 2.05) is 0 Å². The van der Waals surface area contributed by atoms with Gasteiger partial charge in [-0.15, -0.1) is 0 Å². The van der Waals surface area contributed by atoms with Crippen molar-refractivity contribution in [2.24, 2.45) is 0 Å². The first-order valence-corrected chi connectivity index (χ1v) is 9.60. The Morgan fingerprint density at radius 3 is 2.68 bits per heavy atom. The molecule has 7 heteroatoms. The highest BCUT2D eigenvalue weighted by molar-refractivity contribution is 8.18. The number of nitrogens with one attached hydrogen (secondary N) is 1. The third-order valence-electron chi connectivity index (χ3n) is 4.14. The van der Waals surface area contributed by atoms with Gasteiger partial charge in [-0.1, -0.05) is 36.9 Å². The summed E-state index contributed by atoms with van der Waals surface area (Å²) in [5.74, 6) is 0.196. The summed E-state index contributed by atoms with van der Waals surface area (Å²) in [5, 5.41) is 2.32. The van der Waals surface area contributed by atoms with Crippen molar-refractivity contribution < 1.29 is 19.1 Å². The molecule has 1 heterocycles. The molecule has 0 spiro atoms. The standard InChI is InChI=1S/C18H20ClNO4S/c19-14-10-12(11-16-17(21)20-18(22)25-16)6-7-15(14)24-9-8-23-13-4-2-1-3-5-13/h6-7,10-11,13H,1-5,8-9H2,(H,20,21,22)/b16-11-. The summed E-state index contributed by atoms with van der Waals surface area (Å²) in [7, 11) is 0. The molecule has 2 fully saturated rings. The van der Waals surface area contributed by atoms with Gasteiger partial charge >= 0.3 is 0 Å². The molecule has 0 aromatic heterocycles. The molecule has 25 heavy (non-hydrogen) atoms. The van der Waals surface area contributed by atoms with E-state index in [2.05, 4.69) is 5.32 Å². The van der Waals surface area contributed by atoms with Gasteiger partial charge in [0.05, 0.1) is 22.6 Å². The Morgan fingerprint density at radius 2 is 2.00 bits per heavy atom. The second kappa shape index (κ2) is 8.74. The van der Waals surface area contributed by atoms with Gasteiger partial charge in [0.25, 0.3) is 11.1 Å². The third-order valence-corrected chi connectivity index (χ3v) is 5.25. The first-order valence-electron chi connectivity index (χ1n) is 8.40. The van der Waals surface area contributed by atoms with Crippen LogP contribution in [-0.2, 0) is 9.53 Å². The molecular weight excluding hydrogens is 362 g/mol. The van der Waals surface area contributed by atoms with Gasteiger partial charge < -0.3 is 9.47 Å². The van der Waals surface area contributed by atoms with Crippen LogP contribution in [0.3, 0.4) is 0 Å². The predicted octanol–water partition coefficient (Wildman–Crippen LogP) is 4.39. The molecule has 2 aliphatic rings. The maximum atomic E-state index is 11.6. The molecule has 1 aliphatic heterocycles. The van der Waals surface area contributed by atoms with E-state index >= 15 is 0 Å². The number of hydrogen-bond acceptors (Lipinski definition) is 5. The first-order chi connectivity index (χ1) is 12.1. The number of amides is 2. The van der Waals surface area contributed by atoms with Crippen LogP contribution in [0.25, 0.3) is 6.08 Å². The number of halogens is 1. The Labute approximate surface area is 156 Å². The lowest BCUT2D eigenvalue weighted by molar-refractivity contribution is -0.115. The lowest BCUT2D eigenvalue weighted by Crippen LogP contribution is -2.19. The largest absolute Gasteiger partial charge is 0.490 e. The van der Waals surface area contributed by atoms with Crippen LogP contribution in [0.2, 0.25) is 5.02 Å². The average molecular weight is 382 g/mol. The van der Waals surface area contributed by atoms with Crippen LogP contribution in [-0.4, -0.2) is 30.5 Å². The molecule has 1 aromatic rings. The maximum Gasteiger partial charge on any atom is 0.290 e. The van der Waals surface area contributed by atoms with Crippen molar-refractivity contribution in [3.8, 4) is 5.75 Å². The normalized spacial score (nSPS) is 20.1. The van der Waals surface area contributed by atoms with Crippen molar-refractivity contribution in [2.45, 2.75) is 38.2 Å². The highest BCUT2D eigenvalue weighted by Gasteiger charge is 2.25. The van der Waals surface area contributed by atoms with E-state index in [4.69, 9.17) is 21.1 Å². The minimum Gasteiger partial charge on any atom is -0.490 e. The molecule has 0 atom stereocenters. The number of hydrogen-bond donors (Lipinski definition) is 1. The number of carbonyl (C=O) groups excluding carboxylic acids is 2. The fraction of sp³-hybridized carbons (Fsp3) is 0.444. The molecule has 1 saturated carbocycles. The Kier molecular flexibility index (Phi) is 6.39. The van der Waals surface area contributed by atoms with Crippen LogP contribution in [0, 0.1) is 0 Å². The minimum absolute atomic E-state index is 0.357.